The number of allylic oxidation sites excluding steroid dienone is 1. The van der Waals surface area contributed by atoms with Gasteiger partial charge in [0.25, 0.3) is 0 Å². The van der Waals surface area contributed by atoms with E-state index in [1.54, 1.807) is 4.90 Å². The summed E-state index contributed by atoms with van der Waals surface area (Å²) >= 11 is 6.39. The number of amides is 1. The normalized spacial score (nSPS) is 25.2. The molecular weight excluding hydrogens is 537 g/mol. The summed E-state index contributed by atoms with van der Waals surface area (Å²) < 4.78 is 44.1. The summed E-state index contributed by atoms with van der Waals surface area (Å²) in [5.74, 6) is 0.670. The largest absolute Gasteiger partial charge is 0.495 e. The lowest BCUT2D eigenvalue weighted by Gasteiger charge is -2.27. The van der Waals surface area contributed by atoms with Crippen molar-refractivity contribution in [2.75, 3.05) is 37.4 Å². The van der Waals surface area contributed by atoms with E-state index in [4.69, 9.17) is 22.1 Å². The van der Waals surface area contributed by atoms with Crippen molar-refractivity contribution in [1.29, 1.82) is 0 Å². The molecule has 2 aromatic rings. The smallest absolute Gasteiger partial charge is 0.415 e. The highest BCUT2D eigenvalue weighted by Gasteiger charge is 2.47. The second kappa shape index (κ2) is 10.8. The summed E-state index contributed by atoms with van der Waals surface area (Å²) in [6.07, 6.45) is 0.403. The van der Waals surface area contributed by atoms with Gasteiger partial charge in [-0.05, 0) is 54.4 Å². The molecule has 1 aromatic heterocycles. The predicted octanol–water partition coefficient (Wildman–Crippen LogP) is 3.29. The highest BCUT2D eigenvalue weighted by molar-refractivity contribution is 6.32. The summed E-state index contributed by atoms with van der Waals surface area (Å²) in [6.45, 7) is 0.287. The minimum Gasteiger partial charge on any atom is -0.495 e. The van der Waals surface area contributed by atoms with Gasteiger partial charge in [0.1, 0.15) is 10.8 Å². The van der Waals surface area contributed by atoms with Crippen molar-refractivity contribution < 1.29 is 27.8 Å². The molecule has 39 heavy (non-hydrogen) atoms. The quantitative estimate of drug-likeness (QED) is 0.359. The van der Waals surface area contributed by atoms with Crippen molar-refractivity contribution in [3.63, 3.8) is 0 Å². The average molecular weight is 567 g/mol. The van der Waals surface area contributed by atoms with Crippen molar-refractivity contribution in [3.8, 4) is 5.75 Å². The van der Waals surface area contributed by atoms with Gasteiger partial charge in [0, 0.05) is 25.7 Å². The van der Waals surface area contributed by atoms with Gasteiger partial charge in [-0.15, -0.1) is 0 Å². The van der Waals surface area contributed by atoms with Gasteiger partial charge in [-0.25, -0.2) is 4.98 Å². The van der Waals surface area contributed by atoms with Crippen LogP contribution in [0.25, 0.3) is 0 Å². The highest BCUT2D eigenvalue weighted by atomic mass is 35.5. The number of fused-ring (bicyclic) bond motifs is 3. The fourth-order valence-electron chi connectivity index (χ4n) is 5.81. The van der Waals surface area contributed by atoms with Crippen molar-refractivity contribution >= 4 is 35.0 Å². The summed E-state index contributed by atoms with van der Waals surface area (Å²) in [4.78, 5) is 22.5. The van der Waals surface area contributed by atoms with Crippen LogP contribution < -0.4 is 21.1 Å². The van der Waals surface area contributed by atoms with Crippen molar-refractivity contribution in [2.45, 2.75) is 37.6 Å². The summed E-state index contributed by atoms with van der Waals surface area (Å²) in [5, 5.41) is 16.3. The molecule has 0 unspecified atom stereocenters. The molecule has 1 saturated carbocycles. The monoisotopic (exact) mass is 566 g/mol. The van der Waals surface area contributed by atoms with E-state index in [-0.39, 0.29) is 35.7 Å². The number of hydrogen-bond acceptors (Lipinski definition) is 8. The summed E-state index contributed by atoms with van der Waals surface area (Å²) in [6, 6.07) is 3.51. The Hall–Kier alpha value is -3.09. The Morgan fingerprint density at radius 1 is 1.26 bits per heavy atom. The molecule has 1 fully saturated rings. The lowest BCUT2D eigenvalue weighted by Crippen LogP contribution is -2.41. The standard InChI is InChI=1S/C26H30ClF3N6O3/c1-39-19-10-14-5-7-36(12-20(37)26(28,29)30)6-4-13(14)9-18(19)33-25-32-11-17(27)24(35-25)34-22-16-3-2-15(8-16)21(22)23(31)38/h2-3,9-11,15-16,20-22,37H,4-8,12H2,1H3,(H2,31,38)(H2,32,33,34,35)/t15-,16+,20+,21+,22-/m1/s1. The zero-order valence-electron chi connectivity index (χ0n) is 21.2. The highest BCUT2D eigenvalue weighted by Crippen LogP contribution is 2.45. The van der Waals surface area contributed by atoms with Gasteiger partial charge in [0.2, 0.25) is 11.9 Å². The third kappa shape index (κ3) is 5.78. The molecule has 0 radical (unpaired) electrons. The summed E-state index contributed by atoms with van der Waals surface area (Å²) in [7, 11) is 1.53. The molecule has 13 heteroatoms. The molecule has 5 N–H and O–H groups in total. The Balaban J connectivity index is 1.33. The first-order chi connectivity index (χ1) is 18.5. The number of nitrogens with one attached hydrogen (secondary N) is 2. The molecule has 0 spiro atoms. The second-order valence-electron chi connectivity index (χ2n) is 10.2. The van der Waals surface area contributed by atoms with Crippen LogP contribution in [0.5, 0.6) is 5.75 Å². The number of methoxy groups -OCH3 is 1. The number of halogens is 4. The van der Waals surface area contributed by atoms with Gasteiger partial charge in [-0.2, -0.15) is 18.2 Å². The van der Waals surface area contributed by atoms with Gasteiger partial charge in [-0.1, -0.05) is 23.8 Å². The van der Waals surface area contributed by atoms with Gasteiger partial charge in [0.05, 0.1) is 24.9 Å². The molecule has 0 saturated heterocycles. The van der Waals surface area contributed by atoms with Crippen LogP contribution in [0.15, 0.2) is 30.5 Å². The molecule has 210 valence electrons. The second-order valence-corrected chi connectivity index (χ2v) is 10.6. The molecule has 2 aliphatic carbocycles. The number of β-amino-alcohol motifs (C(OH)–C–C–N with tert-alkyl or cyclic N) is 1. The molecule has 2 heterocycles. The number of nitrogens with zero attached hydrogens (tertiary/aromatic N) is 3. The van der Waals surface area contributed by atoms with E-state index in [1.807, 2.05) is 18.2 Å². The van der Waals surface area contributed by atoms with Crippen LogP contribution >= 0.6 is 11.6 Å². The van der Waals surface area contributed by atoms with Crippen LogP contribution in [0.4, 0.5) is 30.6 Å². The zero-order chi connectivity index (χ0) is 27.9. The van der Waals surface area contributed by atoms with Gasteiger partial charge >= 0.3 is 6.18 Å². The van der Waals surface area contributed by atoms with Crippen molar-refractivity contribution in [1.82, 2.24) is 14.9 Å². The fraction of sp³-hybridized carbons (Fsp3) is 0.500. The molecule has 9 nitrogen and oxygen atoms in total. The maximum absolute atomic E-state index is 12.8. The molecule has 3 aliphatic rings. The van der Waals surface area contributed by atoms with Gasteiger partial charge in [0.15, 0.2) is 11.9 Å². The molecular formula is C26H30ClF3N6O3. The van der Waals surface area contributed by atoms with Crippen LogP contribution in [-0.4, -0.2) is 70.9 Å². The van der Waals surface area contributed by atoms with E-state index in [9.17, 15) is 23.1 Å². The number of carbonyl (C=O) groups excluding carboxylic acids is 1. The van der Waals surface area contributed by atoms with E-state index >= 15 is 0 Å². The number of primary amides is 1. The number of alkyl halides is 3. The SMILES string of the molecule is COc1cc2c(cc1Nc1ncc(Cl)c(N[C@H]3[C@@H](C(N)=O)[C@@H]4C=C[C@H]3C4)n1)CCN(C[C@H](O)C(F)(F)F)CC2. The maximum atomic E-state index is 12.8. The number of aliphatic hydroxyl groups excluding tert-OH is 1. The van der Waals surface area contributed by atoms with E-state index in [2.05, 4.69) is 26.7 Å². The number of benzene rings is 1. The Labute approximate surface area is 228 Å². The van der Waals surface area contributed by atoms with E-state index < -0.39 is 18.8 Å². The Morgan fingerprint density at radius 2 is 1.95 bits per heavy atom. The third-order valence-electron chi connectivity index (χ3n) is 7.81. The first-order valence-electron chi connectivity index (χ1n) is 12.7. The number of anilines is 3. The van der Waals surface area contributed by atoms with Gasteiger partial charge in [-0.3, -0.25) is 9.69 Å². The van der Waals surface area contributed by atoms with Crippen LogP contribution in [0.1, 0.15) is 17.5 Å². The number of nitrogens with two attached hydrogens (primary N) is 1. The molecule has 1 aliphatic heterocycles. The van der Waals surface area contributed by atoms with E-state index in [1.165, 1.54) is 13.3 Å². The van der Waals surface area contributed by atoms with Crippen LogP contribution in [0.3, 0.4) is 0 Å². The Kier molecular flexibility index (Phi) is 7.62. The number of hydrogen-bond donors (Lipinski definition) is 4. The lowest BCUT2D eigenvalue weighted by molar-refractivity contribution is -0.208. The first kappa shape index (κ1) is 27.5. The molecule has 1 amide bonds. The first-order valence-corrected chi connectivity index (χ1v) is 13.1. The Morgan fingerprint density at radius 3 is 2.62 bits per heavy atom. The van der Waals surface area contributed by atoms with Crippen LogP contribution in [0, 0.1) is 17.8 Å². The van der Waals surface area contributed by atoms with Crippen molar-refractivity contribution in [2.24, 2.45) is 23.5 Å². The average Bonchev–Trinajstić information content (AvgIpc) is 3.43. The minimum absolute atomic E-state index is 0.0969. The van der Waals surface area contributed by atoms with Gasteiger partial charge < -0.3 is 26.2 Å². The van der Waals surface area contributed by atoms with Crippen LogP contribution in [-0.2, 0) is 17.6 Å². The molecule has 2 bridgehead atoms. The molecule has 5 rings (SSSR count). The number of aromatic nitrogens is 2. The Bertz CT molecular complexity index is 1280. The maximum Gasteiger partial charge on any atom is 0.415 e. The fourth-order valence-corrected chi connectivity index (χ4v) is 5.96. The topological polar surface area (TPSA) is 126 Å². The van der Waals surface area contributed by atoms with Crippen molar-refractivity contribution in [3.05, 3.63) is 46.6 Å². The number of carbonyl (C=O) groups is 1. The minimum atomic E-state index is -4.65. The molecule has 5 atom stereocenters. The lowest BCUT2D eigenvalue weighted by atomic mass is 9.88. The van der Waals surface area contributed by atoms with Crippen LogP contribution in [0.2, 0.25) is 5.02 Å². The van der Waals surface area contributed by atoms with E-state index in [0.717, 1.165) is 17.5 Å². The number of aliphatic hydroxyl groups is 1. The number of rotatable bonds is 8. The predicted molar refractivity (Wildman–Crippen MR) is 140 cm³/mol. The summed E-state index contributed by atoms with van der Waals surface area (Å²) in [5.41, 5.74) is 8.18. The number of ether oxygens (including phenoxy) is 1. The third-order valence-corrected chi connectivity index (χ3v) is 8.08. The molecule has 1 aromatic carbocycles. The zero-order valence-corrected chi connectivity index (χ0v) is 22.0. The van der Waals surface area contributed by atoms with E-state index in [0.29, 0.717) is 48.2 Å².